The van der Waals surface area contributed by atoms with Crippen molar-refractivity contribution in [3.63, 3.8) is 0 Å². The van der Waals surface area contributed by atoms with Crippen LogP contribution in [-0.4, -0.2) is 53.0 Å². The molecule has 7 heteroatoms. The molecule has 1 atom stereocenters. The Bertz CT molecular complexity index is 898. The molecule has 1 spiro atoms. The molecule has 4 rings (SSSR count). The fourth-order valence-electron chi connectivity index (χ4n) is 4.31. The van der Waals surface area contributed by atoms with E-state index >= 15 is 0 Å². The van der Waals surface area contributed by atoms with E-state index < -0.39 is 0 Å². The first-order valence-electron chi connectivity index (χ1n) is 10.4. The molecule has 158 valence electrons. The second-order valence-electron chi connectivity index (χ2n) is 8.06. The third-order valence-corrected chi connectivity index (χ3v) is 6.43. The smallest absolute Gasteiger partial charge is 0.253 e. The predicted molar refractivity (Wildman–Crippen MR) is 114 cm³/mol. The molecule has 2 aliphatic heterocycles. The van der Waals surface area contributed by atoms with E-state index in [0.29, 0.717) is 30.2 Å². The van der Waals surface area contributed by atoms with Crippen LogP contribution in [0.25, 0.3) is 0 Å². The summed E-state index contributed by atoms with van der Waals surface area (Å²) in [6.45, 7) is 1.88. The largest absolute Gasteiger partial charge is 0.370 e. The van der Waals surface area contributed by atoms with Crippen LogP contribution in [0.2, 0.25) is 5.02 Å². The van der Waals surface area contributed by atoms with Gasteiger partial charge in [-0.25, -0.2) is 0 Å². The number of nitrogens with one attached hydrogen (secondary N) is 1. The Morgan fingerprint density at radius 3 is 2.60 bits per heavy atom. The Morgan fingerprint density at radius 2 is 1.87 bits per heavy atom. The number of hydrogen-bond donors (Lipinski definition) is 1. The van der Waals surface area contributed by atoms with Crippen molar-refractivity contribution in [2.75, 3.05) is 19.6 Å². The number of likely N-dealkylation sites (tertiary alicyclic amines) is 1. The average molecular weight is 428 g/mol. The summed E-state index contributed by atoms with van der Waals surface area (Å²) in [5, 5.41) is 3.59. The standard InChI is InChI=1S/C23H26ClN3O3/c24-20-4-2-1-3-18(20)15-21(28)26-16-19-5-8-23(30-19)9-13-27(14-10-23)22(29)17-6-11-25-12-7-17/h1-4,6-7,11-12,19H,5,8-10,13-16H2,(H,26,28)/t19-/m1/s1. The molecule has 2 saturated heterocycles. The second kappa shape index (κ2) is 9.14. The van der Waals surface area contributed by atoms with Crippen LogP contribution in [0, 0.1) is 0 Å². The Balaban J connectivity index is 1.23. The number of benzene rings is 1. The lowest BCUT2D eigenvalue weighted by Crippen LogP contribution is -2.47. The molecular formula is C23H26ClN3O3. The van der Waals surface area contributed by atoms with Gasteiger partial charge in [0.05, 0.1) is 18.1 Å². The number of pyridine rings is 1. The van der Waals surface area contributed by atoms with Crippen molar-refractivity contribution in [3.8, 4) is 0 Å². The fourth-order valence-corrected chi connectivity index (χ4v) is 4.51. The van der Waals surface area contributed by atoms with Crippen LogP contribution in [0.5, 0.6) is 0 Å². The van der Waals surface area contributed by atoms with Crippen molar-refractivity contribution in [2.24, 2.45) is 0 Å². The monoisotopic (exact) mass is 427 g/mol. The van der Waals surface area contributed by atoms with Gasteiger partial charge in [0.2, 0.25) is 5.91 Å². The molecule has 0 radical (unpaired) electrons. The zero-order valence-corrected chi connectivity index (χ0v) is 17.6. The van der Waals surface area contributed by atoms with Gasteiger partial charge >= 0.3 is 0 Å². The lowest BCUT2D eigenvalue weighted by molar-refractivity contribution is -0.122. The first-order chi connectivity index (χ1) is 14.5. The first-order valence-corrected chi connectivity index (χ1v) is 10.8. The molecule has 0 aliphatic carbocycles. The van der Waals surface area contributed by atoms with Crippen molar-refractivity contribution < 1.29 is 14.3 Å². The number of halogens is 1. The lowest BCUT2D eigenvalue weighted by atomic mass is 9.88. The first kappa shape index (κ1) is 20.8. The van der Waals surface area contributed by atoms with Gasteiger partial charge in [-0.2, -0.15) is 0 Å². The summed E-state index contributed by atoms with van der Waals surface area (Å²) in [4.78, 5) is 30.7. The highest BCUT2D eigenvalue weighted by Crippen LogP contribution is 2.39. The summed E-state index contributed by atoms with van der Waals surface area (Å²) in [6.07, 6.45) is 7.11. The summed E-state index contributed by atoms with van der Waals surface area (Å²) in [5.41, 5.74) is 1.33. The zero-order valence-electron chi connectivity index (χ0n) is 16.9. The number of amides is 2. The van der Waals surface area contributed by atoms with Crippen molar-refractivity contribution in [3.05, 3.63) is 64.9 Å². The fraction of sp³-hybridized carbons (Fsp3) is 0.435. The molecule has 1 N–H and O–H groups in total. The molecule has 2 fully saturated rings. The van der Waals surface area contributed by atoms with Crippen LogP contribution in [-0.2, 0) is 16.0 Å². The van der Waals surface area contributed by atoms with Crippen LogP contribution in [0.15, 0.2) is 48.8 Å². The van der Waals surface area contributed by atoms with Crippen molar-refractivity contribution in [1.29, 1.82) is 0 Å². The molecule has 0 saturated carbocycles. The maximum Gasteiger partial charge on any atom is 0.253 e. The van der Waals surface area contributed by atoms with E-state index in [1.807, 2.05) is 23.1 Å². The average Bonchev–Trinajstić information content (AvgIpc) is 3.17. The normalized spacial score (nSPS) is 20.3. The van der Waals surface area contributed by atoms with Crippen molar-refractivity contribution in [1.82, 2.24) is 15.2 Å². The topological polar surface area (TPSA) is 71.5 Å². The summed E-state index contributed by atoms with van der Waals surface area (Å²) < 4.78 is 6.36. The number of carbonyl (C=O) groups is 2. The Morgan fingerprint density at radius 1 is 1.13 bits per heavy atom. The Hall–Kier alpha value is -2.44. The minimum Gasteiger partial charge on any atom is -0.370 e. The van der Waals surface area contributed by atoms with Crippen LogP contribution < -0.4 is 5.32 Å². The molecule has 1 aromatic heterocycles. The van der Waals surface area contributed by atoms with Gasteiger partial charge in [-0.3, -0.25) is 14.6 Å². The van der Waals surface area contributed by atoms with Gasteiger partial charge in [-0.1, -0.05) is 29.8 Å². The number of aromatic nitrogens is 1. The SMILES string of the molecule is O=C(Cc1ccccc1Cl)NC[C@H]1CCC2(CCN(C(=O)c3ccncc3)CC2)O1. The number of nitrogens with zero attached hydrogens (tertiary/aromatic N) is 2. The number of rotatable bonds is 5. The number of carbonyl (C=O) groups excluding carboxylic acids is 2. The summed E-state index contributed by atoms with van der Waals surface area (Å²) >= 11 is 6.13. The maximum atomic E-state index is 12.6. The van der Waals surface area contributed by atoms with Crippen molar-refractivity contribution >= 4 is 23.4 Å². The molecule has 30 heavy (non-hydrogen) atoms. The summed E-state index contributed by atoms with van der Waals surface area (Å²) in [5.74, 6) is -0.000880. The van der Waals surface area contributed by atoms with E-state index in [1.165, 1.54) is 0 Å². The summed E-state index contributed by atoms with van der Waals surface area (Å²) in [6, 6.07) is 10.9. The quantitative estimate of drug-likeness (QED) is 0.795. The van der Waals surface area contributed by atoms with Crippen LogP contribution in [0.3, 0.4) is 0 Å². The van der Waals surface area contributed by atoms with Gasteiger partial charge in [0.15, 0.2) is 0 Å². The van der Waals surface area contributed by atoms with E-state index in [1.54, 1.807) is 30.6 Å². The van der Waals surface area contributed by atoms with E-state index in [4.69, 9.17) is 16.3 Å². The van der Waals surface area contributed by atoms with Crippen LogP contribution in [0.1, 0.15) is 41.6 Å². The molecule has 6 nitrogen and oxygen atoms in total. The molecule has 2 amide bonds. The van der Waals surface area contributed by atoms with Gasteiger partial charge in [0.25, 0.3) is 5.91 Å². The van der Waals surface area contributed by atoms with Crippen molar-refractivity contribution in [2.45, 2.75) is 43.8 Å². The number of ether oxygens (including phenoxy) is 1. The van der Waals surface area contributed by atoms with Gasteiger partial charge in [0, 0.05) is 42.6 Å². The third kappa shape index (κ3) is 4.82. The summed E-state index contributed by atoms with van der Waals surface area (Å²) in [7, 11) is 0. The Labute approximate surface area is 181 Å². The minimum absolute atomic E-state index is 0.0163. The second-order valence-corrected chi connectivity index (χ2v) is 8.47. The molecule has 3 heterocycles. The lowest BCUT2D eigenvalue weighted by Gasteiger charge is -2.39. The molecule has 2 aromatic rings. The zero-order chi connectivity index (χ0) is 21.0. The van der Waals surface area contributed by atoms with Crippen LogP contribution >= 0.6 is 11.6 Å². The van der Waals surface area contributed by atoms with E-state index in [-0.39, 0.29) is 29.9 Å². The maximum absolute atomic E-state index is 12.6. The van der Waals surface area contributed by atoms with E-state index in [0.717, 1.165) is 31.2 Å². The highest BCUT2D eigenvalue weighted by molar-refractivity contribution is 6.31. The Kier molecular flexibility index (Phi) is 6.35. The van der Waals surface area contributed by atoms with Crippen LogP contribution in [0.4, 0.5) is 0 Å². The highest BCUT2D eigenvalue weighted by Gasteiger charge is 2.43. The van der Waals surface area contributed by atoms with Gasteiger partial charge in [0.1, 0.15) is 0 Å². The van der Waals surface area contributed by atoms with Gasteiger partial charge in [-0.05, 0) is 49.4 Å². The minimum atomic E-state index is -0.173. The molecular weight excluding hydrogens is 402 g/mol. The van der Waals surface area contributed by atoms with E-state index in [9.17, 15) is 9.59 Å². The molecule has 1 aromatic carbocycles. The van der Waals surface area contributed by atoms with Gasteiger partial charge in [-0.15, -0.1) is 0 Å². The number of hydrogen-bond acceptors (Lipinski definition) is 4. The highest BCUT2D eigenvalue weighted by atomic mass is 35.5. The van der Waals surface area contributed by atoms with E-state index in [2.05, 4.69) is 10.3 Å². The third-order valence-electron chi connectivity index (χ3n) is 6.06. The predicted octanol–water partition coefficient (Wildman–Crippen LogP) is 3.25. The molecule has 0 unspecified atom stereocenters. The molecule has 0 bridgehead atoms. The van der Waals surface area contributed by atoms with Gasteiger partial charge < -0.3 is 15.0 Å². The number of piperidine rings is 1. The molecule has 2 aliphatic rings.